The summed E-state index contributed by atoms with van der Waals surface area (Å²) in [6.07, 6.45) is 5.55. The second-order valence-electron chi connectivity index (χ2n) is 4.73. The Hall–Kier alpha value is -2.69. The first-order valence-corrected chi connectivity index (χ1v) is 6.70. The Kier molecular flexibility index (Phi) is 3.64. The molecule has 3 aromatic rings. The summed E-state index contributed by atoms with van der Waals surface area (Å²) in [4.78, 5) is 20.6. The molecule has 0 saturated carbocycles. The van der Waals surface area contributed by atoms with Crippen molar-refractivity contribution in [2.75, 3.05) is 7.11 Å². The Morgan fingerprint density at radius 1 is 1.19 bits per heavy atom. The summed E-state index contributed by atoms with van der Waals surface area (Å²) in [5, 5.41) is 0.551. The number of aryl methyl sites for hydroxylation is 2. The maximum Gasteiger partial charge on any atom is 0.262 e. The van der Waals surface area contributed by atoms with Crippen LogP contribution in [0.2, 0.25) is 0 Å². The summed E-state index contributed by atoms with van der Waals surface area (Å²) in [6.45, 7) is 0.586. The van der Waals surface area contributed by atoms with Gasteiger partial charge in [-0.1, -0.05) is 12.1 Å². The summed E-state index contributed by atoms with van der Waals surface area (Å²) in [5.41, 5.74) is 1.77. The van der Waals surface area contributed by atoms with Gasteiger partial charge in [-0.15, -0.1) is 0 Å². The van der Waals surface area contributed by atoms with Gasteiger partial charge in [0.2, 0.25) is 0 Å². The molecule has 0 saturated heterocycles. The highest BCUT2D eigenvalue weighted by molar-refractivity contribution is 5.75. The third-order valence-electron chi connectivity index (χ3n) is 3.43. The zero-order valence-corrected chi connectivity index (χ0v) is 11.7. The Bertz CT molecular complexity index is 810. The molecule has 0 fully saturated rings. The zero-order valence-electron chi connectivity index (χ0n) is 11.7. The minimum absolute atomic E-state index is 0.0541. The highest BCUT2D eigenvalue weighted by Crippen LogP contribution is 2.12. The molecule has 0 amide bonds. The number of rotatable bonds is 4. The third kappa shape index (κ3) is 2.76. The van der Waals surface area contributed by atoms with Crippen molar-refractivity contribution in [1.29, 1.82) is 0 Å². The number of pyridine rings is 1. The van der Waals surface area contributed by atoms with Gasteiger partial charge in [-0.25, -0.2) is 4.98 Å². The van der Waals surface area contributed by atoms with Crippen molar-refractivity contribution in [2.24, 2.45) is 0 Å². The van der Waals surface area contributed by atoms with Crippen molar-refractivity contribution >= 4 is 10.9 Å². The molecule has 3 rings (SSSR count). The Morgan fingerprint density at radius 3 is 2.76 bits per heavy atom. The van der Waals surface area contributed by atoms with Crippen molar-refractivity contribution < 1.29 is 4.74 Å². The second-order valence-corrected chi connectivity index (χ2v) is 4.73. The second kappa shape index (κ2) is 5.75. The van der Waals surface area contributed by atoms with Crippen molar-refractivity contribution in [1.82, 2.24) is 14.5 Å². The highest BCUT2D eigenvalue weighted by atomic mass is 16.5. The molecule has 0 spiro atoms. The number of hydrogen-bond donors (Lipinski definition) is 0. The van der Waals surface area contributed by atoms with E-state index in [0.29, 0.717) is 17.4 Å². The van der Waals surface area contributed by atoms with Crippen LogP contribution in [0, 0.1) is 0 Å². The number of aromatic nitrogens is 3. The van der Waals surface area contributed by atoms with Crippen LogP contribution in [-0.4, -0.2) is 21.6 Å². The van der Waals surface area contributed by atoms with Gasteiger partial charge in [0, 0.05) is 18.9 Å². The quantitative estimate of drug-likeness (QED) is 0.734. The number of fused-ring (bicyclic) bond motifs is 1. The number of hydrogen-bond acceptors (Lipinski definition) is 4. The van der Waals surface area contributed by atoms with Crippen molar-refractivity contribution in [3.8, 4) is 5.75 Å². The van der Waals surface area contributed by atoms with Crippen LogP contribution >= 0.6 is 0 Å². The van der Waals surface area contributed by atoms with Crippen LogP contribution in [0.15, 0.2) is 53.8 Å². The Labute approximate surface area is 121 Å². The van der Waals surface area contributed by atoms with Gasteiger partial charge in [-0.2, -0.15) is 0 Å². The maximum atomic E-state index is 12.3. The SMILES string of the molecule is COc1ccc(CCn2cnc3ccncc3c2=O)cc1. The van der Waals surface area contributed by atoms with Crippen LogP contribution in [-0.2, 0) is 13.0 Å². The van der Waals surface area contributed by atoms with Crippen LogP contribution in [0.4, 0.5) is 0 Å². The van der Waals surface area contributed by atoms with Gasteiger partial charge in [0.05, 0.1) is 24.3 Å². The number of benzene rings is 1. The first kappa shape index (κ1) is 13.3. The van der Waals surface area contributed by atoms with Crippen LogP contribution in [0.5, 0.6) is 5.75 Å². The van der Waals surface area contributed by atoms with Crippen molar-refractivity contribution in [3.05, 3.63) is 65.0 Å². The molecule has 0 unspecified atom stereocenters. The molecule has 21 heavy (non-hydrogen) atoms. The molecule has 0 aliphatic heterocycles. The average Bonchev–Trinajstić information content (AvgIpc) is 2.55. The van der Waals surface area contributed by atoms with E-state index < -0.39 is 0 Å². The van der Waals surface area contributed by atoms with Gasteiger partial charge < -0.3 is 4.74 Å². The highest BCUT2D eigenvalue weighted by Gasteiger charge is 2.04. The molecule has 5 nitrogen and oxygen atoms in total. The number of ether oxygens (including phenoxy) is 1. The number of methoxy groups -OCH3 is 1. The standard InChI is InChI=1S/C16H15N3O2/c1-21-13-4-2-12(3-5-13)7-9-19-11-18-15-6-8-17-10-14(15)16(19)20/h2-6,8,10-11H,7,9H2,1H3. The van der Waals surface area contributed by atoms with E-state index in [9.17, 15) is 4.79 Å². The van der Waals surface area contributed by atoms with E-state index in [4.69, 9.17) is 4.74 Å². The molecule has 0 atom stereocenters. The van der Waals surface area contributed by atoms with E-state index >= 15 is 0 Å². The Balaban J connectivity index is 1.81. The lowest BCUT2D eigenvalue weighted by Gasteiger charge is -2.07. The van der Waals surface area contributed by atoms with Gasteiger partial charge in [0.1, 0.15) is 5.75 Å². The fraction of sp³-hybridized carbons (Fsp3) is 0.188. The first-order valence-electron chi connectivity index (χ1n) is 6.70. The van der Waals surface area contributed by atoms with Gasteiger partial charge in [0.25, 0.3) is 5.56 Å². The molecule has 2 aromatic heterocycles. The minimum atomic E-state index is -0.0541. The van der Waals surface area contributed by atoms with Gasteiger partial charge in [0.15, 0.2) is 0 Å². The van der Waals surface area contributed by atoms with Crippen LogP contribution in [0.1, 0.15) is 5.56 Å². The third-order valence-corrected chi connectivity index (χ3v) is 3.43. The van der Waals surface area contributed by atoms with Crippen LogP contribution in [0.25, 0.3) is 10.9 Å². The van der Waals surface area contributed by atoms with E-state index in [0.717, 1.165) is 17.7 Å². The molecule has 2 heterocycles. The molecule has 0 aliphatic carbocycles. The zero-order chi connectivity index (χ0) is 14.7. The normalized spacial score (nSPS) is 10.7. The molecule has 0 aliphatic rings. The van der Waals surface area contributed by atoms with Crippen molar-refractivity contribution in [2.45, 2.75) is 13.0 Å². The van der Waals surface area contributed by atoms with E-state index in [1.165, 1.54) is 0 Å². The fourth-order valence-corrected chi connectivity index (χ4v) is 2.20. The number of nitrogens with zero attached hydrogens (tertiary/aromatic N) is 3. The molecule has 106 valence electrons. The minimum Gasteiger partial charge on any atom is -0.497 e. The topological polar surface area (TPSA) is 57.0 Å². The van der Waals surface area contributed by atoms with E-state index in [-0.39, 0.29) is 5.56 Å². The summed E-state index contributed by atoms with van der Waals surface area (Å²) in [7, 11) is 1.64. The smallest absolute Gasteiger partial charge is 0.262 e. The summed E-state index contributed by atoms with van der Waals surface area (Å²) >= 11 is 0. The maximum absolute atomic E-state index is 12.3. The lowest BCUT2D eigenvalue weighted by atomic mass is 10.1. The van der Waals surface area contributed by atoms with Crippen molar-refractivity contribution in [3.63, 3.8) is 0 Å². The summed E-state index contributed by atoms with van der Waals surface area (Å²) in [5.74, 6) is 0.828. The van der Waals surface area contributed by atoms with E-state index in [1.54, 1.807) is 36.5 Å². The van der Waals surface area contributed by atoms with E-state index in [2.05, 4.69) is 9.97 Å². The fourth-order valence-electron chi connectivity index (χ4n) is 2.20. The van der Waals surface area contributed by atoms with Gasteiger partial charge >= 0.3 is 0 Å². The first-order chi connectivity index (χ1) is 10.3. The van der Waals surface area contributed by atoms with Gasteiger partial charge in [-0.3, -0.25) is 14.3 Å². The largest absolute Gasteiger partial charge is 0.497 e. The predicted octanol–water partition coefficient (Wildman–Crippen LogP) is 2.04. The predicted molar refractivity (Wildman–Crippen MR) is 80.5 cm³/mol. The van der Waals surface area contributed by atoms with E-state index in [1.807, 2.05) is 24.3 Å². The van der Waals surface area contributed by atoms with Gasteiger partial charge in [-0.05, 0) is 30.2 Å². The van der Waals surface area contributed by atoms with Crippen LogP contribution < -0.4 is 10.3 Å². The molecule has 0 N–H and O–H groups in total. The molecular weight excluding hydrogens is 266 g/mol. The molecular formula is C16H15N3O2. The lowest BCUT2D eigenvalue weighted by Crippen LogP contribution is -2.21. The Morgan fingerprint density at radius 2 is 2.00 bits per heavy atom. The van der Waals surface area contributed by atoms with Crippen LogP contribution in [0.3, 0.4) is 0 Å². The summed E-state index contributed by atoms with van der Waals surface area (Å²) in [6, 6.07) is 9.58. The lowest BCUT2D eigenvalue weighted by molar-refractivity contribution is 0.414. The summed E-state index contributed by atoms with van der Waals surface area (Å²) < 4.78 is 6.75. The average molecular weight is 281 g/mol. The molecule has 0 bridgehead atoms. The molecule has 1 aromatic carbocycles. The molecule has 5 heteroatoms. The monoisotopic (exact) mass is 281 g/mol. The molecule has 0 radical (unpaired) electrons.